The van der Waals surface area contributed by atoms with Crippen LogP contribution in [-0.2, 0) is 0 Å². The fourth-order valence-corrected chi connectivity index (χ4v) is 7.86. The summed E-state index contributed by atoms with van der Waals surface area (Å²) in [6.45, 7) is 0. The fourth-order valence-electron chi connectivity index (χ4n) is 6.63. The largest absolute Gasteiger partial charge is 0.228 e. The minimum absolute atomic E-state index is 0.711. The van der Waals surface area contributed by atoms with Crippen LogP contribution < -0.4 is 0 Å². The Bertz CT molecular complexity index is 2510. The van der Waals surface area contributed by atoms with E-state index in [-0.39, 0.29) is 0 Å². The number of aromatic nitrogens is 2. The SMILES string of the molecule is c1ccc(-c2ccc(-c3cc(-c4cc(-c5ccccc5)nc(-c5ccccc5)n4)cc(-c4cccc5c4sc4ccccc45)c3)cc2)cc1. The quantitative estimate of drug-likeness (QED) is 0.180. The molecule has 2 aromatic heterocycles. The Labute approximate surface area is 289 Å². The van der Waals surface area contributed by atoms with Gasteiger partial charge in [-0.1, -0.05) is 152 Å². The molecule has 0 aliphatic rings. The van der Waals surface area contributed by atoms with E-state index in [1.54, 1.807) is 0 Å². The highest BCUT2D eigenvalue weighted by Crippen LogP contribution is 2.42. The van der Waals surface area contributed by atoms with E-state index in [0.717, 1.165) is 44.8 Å². The molecular formula is C46H30N2S. The van der Waals surface area contributed by atoms with Gasteiger partial charge in [-0.15, -0.1) is 11.3 Å². The van der Waals surface area contributed by atoms with Crippen LogP contribution in [0.2, 0.25) is 0 Å². The standard InChI is InChI=1S/C46H30N2S/c1-4-13-31(14-5-1)32-23-25-33(26-24-32)36-27-37(39-20-12-21-41-40-19-10-11-22-44(40)49-45(39)41)29-38(28-36)43-30-42(34-15-6-2-7-16-34)47-46(48-43)35-17-8-3-9-18-35/h1-30H. The molecule has 9 aromatic rings. The molecule has 7 aromatic carbocycles. The van der Waals surface area contributed by atoms with Crippen LogP contribution in [0, 0.1) is 0 Å². The summed E-state index contributed by atoms with van der Waals surface area (Å²) in [5.41, 5.74) is 12.0. The summed E-state index contributed by atoms with van der Waals surface area (Å²) in [5, 5.41) is 2.59. The molecule has 0 spiro atoms. The van der Waals surface area contributed by atoms with Crippen molar-refractivity contribution < 1.29 is 0 Å². The van der Waals surface area contributed by atoms with E-state index >= 15 is 0 Å². The van der Waals surface area contributed by atoms with Crippen molar-refractivity contribution in [1.29, 1.82) is 0 Å². The van der Waals surface area contributed by atoms with Crippen molar-refractivity contribution in [1.82, 2.24) is 9.97 Å². The van der Waals surface area contributed by atoms with Gasteiger partial charge >= 0.3 is 0 Å². The molecule has 0 N–H and O–H groups in total. The Kier molecular flexibility index (Phi) is 7.38. The van der Waals surface area contributed by atoms with Crippen molar-refractivity contribution >= 4 is 31.5 Å². The molecule has 230 valence electrons. The van der Waals surface area contributed by atoms with Crippen molar-refractivity contribution in [3.8, 4) is 67.3 Å². The Hall–Kier alpha value is -6.16. The fraction of sp³-hybridized carbons (Fsp3) is 0. The first-order valence-electron chi connectivity index (χ1n) is 16.5. The lowest BCUT2D eigenvalue weighted by Gasteiger charge is -2.14. The minimum Gasteiger partial charge on any atom is -0.228 e. The smallest absolute Gasteiger partial charge is 0.160 e. The summed E-state index contributed by atoms with van der Waals surface area (Å²) in [7, 11) is 0. The van der Waals surface area contributed by atoms with E-state index in [1.807, 2.05) is 35.6 Å². The molecule has 0 amide bonds. The zero-order valence-corrected chi connectivity index (χ0v) is 27.4. The Morgan fingerprint density at radius 1 is 0.327 bits per heavy atom. The van der Waals surface area contributed by atoms with Crippen molar-refractivity contribution in [2.75, 3.05) is 0 Å². The summed E-state index contributed by atoms with van der Waals surface area (Å²) >= 11 is 1.86. The second-order valence-corrected chi connectivity index (χ2v) is 13.3. The summed E-state index contributed by atoms with van der Waals surface area (Å²) in [6, 6.07) is 64.5. The van der Waals surface area contributed by atoms with Crippen LogP contribution in [0.5, 0.6) is 0 Å². The molecule has 0 saturated heterocycles. The summed E-state index contributed by atoms with van der Waals surface area (Å²) < 4.78 is 2.59. The van der Waals surface area contributed by atoms with Gasteiger partial charge in [-0.3, -0.25) is 0 Å². The third-order valence-electron chi connectivity index (χ3n) is 9.10. The Morgan fingerprint density at radius 2 is 0.837 bits per heavy atom. The van der Waals surface area contributed by atoms with E-state index in [2.05, 4.69) is 158 Å². The third kappa shape index (κ3) is 5.61. The van der Waals surface area contributed by atoms with Gasteiger partial charge in [-0.05, 0) is 63.7 Å². The van der Waals surface area contributed by atoms with Crippen LogP contribution in [0.1, 0.15) is 0 Å². The maximum absolute atomic E-state index is 5.21. The van der Waals surface area contributed by atoms with Crippen molar-refractivity contribution in [2.45, 2.75) is 0 Å². The van der Waals surface area contributed by atoms with E-state index < -0.39 is 0 Å². The molecule has 0 aliphatic heterocycles. The van der Waals surface area contributed by atoms with Gasteiger partial charge in [0.1, 0.15) is 0 Å². The van der Waals surface area contributed by atoms with Crippen LogP contribution in [0.3, 0.4) is 0 Å². The van der Waals surface area contributed by atoms with Gasteiger partial charge in [0, 0.05) is 36.9 Å². The maximum atomic E-state index is 5.21. The molecule has 0 fully saturated rings. The third-order valence-corrected chi connectivity index (χ3v) is 10.3. The van der Waals surface area contributed by atoms with E-state index in [9.17, 15) is 0 Å². The molecule has 9 rings (SSSR count). The molecule has 0 radical (unpaired) electrons. The van der Waals surface area contributed by atoms with Gasteiger partial charge in [0.15, 0.2) is 5.82 Å². The van der Waals surface area contributed by atoms with Crippen LogP contribution >= 0.6 is 11.3 Å². The first kappa shape index (κ1) is 29.0. The van der Waals surface area contributed by atoms with Gasteiger partial charge in [-0.2, -0.15) is 0 Å². The number of thiophene rings is 1. The van der Waals surface area contributed by atoms with Crippen LogP contribution in [-0.4, -0.2) is 9.97 Å². The van der Waals surface area contributed by atoms with Gasteiger partial charge in [0.05, 0.1) is 11.4 Å². The first-order valence-corrected chi connectivity index (χ1v) is 17.3. The topological polar surface area (TPSA) is 25.8 Å². The van der Waals surface area contributed by atoms with Crippen molar-refractivity contribution in [2.24, 2.45) is 0 Å². The second kappa shape index (κ2) is 12.5. The number of rotatable bonds is 6. The lowest BCUT2D eigenvalue weighted by molar-refractivity contribution is 1.18. The summed E-state index contributed by atoms with van der Waals surface area (Å²) in [4.78, 5) is 10.3. The molecule has 3 heteroatoms. The highest BCUT2D eigenvalue weighted by atomic mass is 32.1. The molecule has 0 bridgehead atoms. The normalized spacial score (nSPS) is 11.3. The van der Waals surface area contributed by atoms with Gasteiger partial charge in [0.25, 0.3) is 0 Å². The predicted molar refractivity (Wildman–Crippen MR) is 208 cm³/mol. The molecule has 0 atom stereocenters. The molecule has 0 aliphatic carbocycles. The molecular weight excluding hydrogens is 613 g/mol. The number of nitrogens with zero attached hydrogens (tertiary/aromatic N) is 2. The van der Waals surface area contributed by atoms with E-state index in [1.165, 1.54) is 36.9 Å². The summed E-state index contributed by atoms with van der Waals surface area (Å²) in [6.07, 6.45) is 0. The monoisotopic (exact) mass is 642 g/mol. The lowest BCUT2D eigenvalue weighted by atomic mass is 9.93. The van der Waals surface area contributed by atoms with Crippen LogP contribution in [0.25, 0.3) is 87.5 Å². The maximum Gasteiger partial charge on any atom is 0.160 e. The first-order chi connectivity index (χ1) is 24.3. The average Bonchev–Trinajstić information content (AvgIpc) is 3.58. The number of fused-ring (bicyclic) bond motifs is 3. The van der Waals surface area contributed by atoms with Gasteiger partial charge < -0.3 is 0 Å². The summed E-state index contributed by atoms with van der Waals surface area (Å²) in [5.74, 6) is 0.711. The van der Waals surface area contributed by atoms with Crippen molar-refractivity contribution in [3.05, 3.63) is 182 Å². The number of hydrogen-bond acceptors (Lipinski definition) is 3. The Balaban J connectivity index is 1.26. The number of benzene rings is 7. The molecule has 0 unspecified atom stereocenters. The highest BCUT2D eigenvalue weighted by Gasteiger charge is 2.16. The van der Waals surface area contributed by atoms with E-state index in [4.69, 9.17) is 9.97 Å². The lowest BCUT2D eigenvalue weighted by Crippen LogP contribution is -1.96. The predicted octanol–water partition coefficient (Wildman–Crippen LogP) is 12.8. The second-order valence-electron chi connectivity index (χ2n) is 12.2. The molecule has 2 heterocycles. The molecule has 2 nitrogen and oxygen atoms in total. The minimum atomic E-state index is 0.711. The average molecular weight is 643 g/mol. The highest BCUT2D eigenvalue weighted by molar-refractivity contribution is 7.26. The molecule has 49 heavy (non-hydrogen) atoms. The Morgan fingerprint density at radius 3 is 1.55 bits per heavy atom. The van der Waals surface area contributed by atoms with Gasteiger partial charge in [0.2, 0.25) is 0 Å². The number of hydrogen-bond donors (Lipinski definition) is 0. The zero-order valence-electron chi connectivity index (χ0n) is 26.6. The van der Waals surface area contributed by atoms with Crippen molar-refractivity contribution in [3.63, 3.8) is 0 Å². The molecule has 0 saturated carbocycles. The zero-order chi connectivity index (χ0) is 32.6. The van der Waals surface area contributed by atoms with Crippen LogP contribution in [0.4, 0.5) is 0 Å². The van der Waals surface area contributed by atoms with E-state index in [0.29, 0.717) is 5.82 Å². The van der Waals surface area contributed by atoms with Gasteiger partial charge in [-0.25, -0.2) is 9.97 Å². The van der Waals surface area contributed by atoms with Crippen LogP contribution in [0.15, 0.2) is 182 Å².